The summed E-state index contributed by atoms with van der Waals surface area (Å²) in [5.41, 5.74) is 2.74. The van der Waals surface area contributed by atoms with Gasteiger partial charge in [0.15, 0.2) is 5.16 Å². The van der Waals surface area contributed by atoms with Crippen LogP contribution in [-0.4, -0.2) is 15.3 Å². The van der Waals surface area contributed by atoms with Gasteiger partial charge in [-0.2, -0.15) is 5.26 Å². The highest BCUT2D eigenvalue weighted by Gasteiger charge is 2.13. The Hall–Kier alpha value is -2.58. The number of rotatable bonds is 4. The summed E-state index contributed by atoms with van der Waals surface area (Å²) >= 11 is 1.36. The second-order valence-corrected chi connectivity index (χ2v) is 5.49. The minimum absolute atomic E-state index is 0.281. The first-order valence-electron chi connectivity index (χ1n) is 6.68. The molecule has 0 radical (unpaired) electrons. The minimum Gasteiger partial charge on any atom is -0.287 e. The lowest BCUT2D eigenvalue weighted by Crippen LogP contribution is -1.99. The van der Waals surface area contributed by atoms with Crippen LogP contribution in [0.3, 0.4) is 0 Å². The third-order valence-electron chi connectivity index (χ3n) is 3.15. The number of hydrogen-bond donors (Lipinski definition) is 0. The summed E-state index contributed by atoms with van der Waals surface area (Å²) in [6, 6.07) is 18.2. The number of halogens is 1. The molecule has 3 aromatic rings. The standard InChI is InChI=1S/C17H12FN3S/c18-14-6-8-15(9-7-14)21-16(13-4-2-1-3-5-13)12-20-17(21)22-11-10-19/h1-9,12H,11H2. The fourth-order valence-corrected chi connectivity index (χ4v) is 2.84. The van der Waals surface area contributed by atoms with Gasteiger partial charge in [0, 0.05) is 11.3 Å². The van der Waals surface area contributed by atoms with E-state index in [1.54, 1.807) is 18.3 Å². The van der Waals surface area contributed by atoms with Gasteiger partial charge in [-0.3, -0.25) is 4.57 Å². The zero-order valence-corrected chi connectivity index (χ0v) is 12.4. The zero-order chi connectivity index (χ0) is 15.4. The van der Waals surface area contributed by atoms with E-state index in [4.69, 9.17) is 5.26 Å². The molecule has 22 heavy (non-hydrogen) atoms. The van der Waals surface area contributed by atoms with Crippen LogP contribution in [0, 0.1) is 17.1 Å². The van der Waals surface area contributed by atoms with E-state index in [-0.39, 0.29) is 5.82 Å². The highest BCUT2D eigenvalue weighted by atomic mass is 32.2. The van der Waals surface area contributed by atoms with E-state index in [0.29, 0.717) is 10.9 Å². The van der Waals surface area contributed by atoms with Crippen LogP contribution in [0.2, 0.25) is 0 Å². The van der Waals surface area contributed by atoms with E-state index in [1.807, 2.05) is 34.9 Å². The monoisotopic (exact) mass is 309 g/mol. The number of imidazole rings is 1. The van der Waals surface area contributed by atoms with Crippen LogP contribution in [0.25, 0.3) is 16.9 Å². The van der Waals surface area contributed by atoms with Gasteiger partial charge in [-0.15, -0.1) is 0 Å². The number of nitriles is 1. The van der Waals surface area contributed by atoms with Crippen LogP contribution in [0.1, 0.15) is 0 Å². The third kappa shape index (κ3) is 2.87. The smallest absolute Gasteiger partial charge is 0.174 e. The molecule has 0 spiro atoms. The summed E-state index contributed by atoms with van der Waals surface area (Å²) in [6.07, 6.45) is 1.78. The van der Waals surface area contributed by atoms with Crippen molar-refractivity contribution in [3.8, 4) is 23.0 Å². The number of hydrogen-bond acceptors (Lipinski definition) is 3. The molecule has 0 fully saturated rings. The van der Waals surface area contributed by atoms with Gasteiger partial charge in [0.2, 0.25) is 0 Å². The Morgan fingerprint density at radius 3 is 2.50 bits per heavy atom. The molecule has 3 nitrogen and oxygen atoms in total. The lowest BCUT2D eigenvalue weighted by molar-refractivity contribution is 0.627. The molecule has 0 unspecified atom stereocenters. The van der Waals surface area contributed by atoms with Gasteiger partial charge < -0.3 is 0 Å². The number of thioether (sulfide) groups is 1. The predicted octanol–water partition coefficient (Wildman–Crippen LogP) is 4.29. The molecule has 0 aliphatic heterocycles. The maximum Gasteiger partial charge on any atom is 0.174 e. The molecule has 0 saturated carbocycles. The third-order valence-corrected chi connectivity index (χ3v) is 3.97. The second kappa shape index (κ2) is 6.46. The Labute approximate surface area is 132 Å². The van der Waals surface area contributed by atoms with Crippen LogP contribution in [0.5, 0.6) is 0 Å². The average Bonchev–Trinajstić information content (AvgIpc) is 2.98. The SMILES string of the molecule is N#CCSc1ncc(-c2ccccc2)n1-c1ccc(F)cc1. The molecule has 0 bridgehead atoms. The highest BCUT2D eigenvalue weighted by molar-refractivity contribution is 7.99. The Morgan fingerprint density at radius 2 is 1.82 bits per heavy atom. The quantitative estimate of drug-likeness (QED) is 0.675. The van der Waals surface area contributed by atoms with Crippen LogP contribution >= 0.6 is 11.8 Å². The van der Waals surface area contributed by atoms with Crippen molar-refractivity contribution in [1.82, 2.24) is 9.55 Å². The second-order valence-electron chi connectivity index (χ2n) is 4.55. The Kier molecular flexibility index (Phi) is 4.22. The molecule has 3 rings (SSSR count). The van der Waals surface area contributed by atoms with Gasteiger partial charge in [-0.25, -0.2) is 9.37 Å². The molecule has 5 heteroatoms. The normalized spacial score (nSPS) is 10.4. The van der Waals surface area contributed by atoms with Crippen molar-refractivity contribution in [3.63, 3.8) is 0 Å². The Bertz CT molecular complexity index is 804. The molecule has 1 aromatic heterocycles. The summed E-state index contributed by atoms with van der Waals surface area (Å²) in [7, 11) is 0. The summed E-state index contributed by atoms with van der Waals surface area (Å²) in [4.78, 5) is 4.41. The van der Waals surface area contributed by atoms with Crippen molar-refractivity contribution in [3.05, 3.63) is 66.6 Å². The van der Waals surface area contributed by atoms with Crippen molar-refractivity contribution in [2.45, 2.75) is 5.16 Å². The molecule has 0 aliphatic rings. The lowest BCUT2D eigenvalue weighted by atomic mass is 10.1. The average molecular weight is 309 g/mol. The molecule has 0 amide bonds. The first kappa shape index (κ1) is 14.4. The molecule has 0 N–H and O–H groups in total. The summed E-state index contributed by atoms with van der Waals surface area (Å²) in [5.74, 6) is 0.0308. The van der Waals surface area contributed by atoms with Gasteiger partial charge >= 0.3 is 0 Å². The Balaban J connectivity index is 2.13. The lowest BCUT2D eigenvalue weighted by Gasteiger charge is -2.11. The fraction of sp³-hybridized carbons (Fsp3) is 0.0588. The highest BCUT2D eigenvalue weighted by Crippen LogP contribution is 2.29. The summed E-state index contributed by atoms with van der Waals surface area (Å²) < 4.78 is 15.1. The van der Waals surface area contributed by atoms with Crippen molar-refractivity contribution in [2.75, 3.05) is 5.75 Å². The number of benzene rings is 2. The minimum atomic E-state index is -0.281. The predicted molar refractivity (Wildman–Crippen MR) is 85.3 cm³/mol. The first-order valence-corrected chi connectivity index (χ1v) is 7.67. The van der Waals surface area contributed by atoms with E-state index in [0.717, 1.165) is 16.9 Å². The topological polar surface area (TPSA) is 41.6 Å². The van der Waals surface area contributed by atoms with Gasteiger partial charge in [-0.1, -0.05) is 42.1 Å². The van der Waals surface area contributed by atoms with E-state index in [9.17, 15) is 4.39 Å². The van der Waals surface area contributed by atoms with Crippen molar-refractivity contribution < 1.29 is 4.39 Å². The summed E-state index contributed by atoms with van der Waals surface area (Å²) in [5, 5.41) is 9.51. The van der Waals surface area contributed by atoms with Crippen LogP contribution in [-0.2, 0) is 0 Å². The van der Waals surface area contributed by atoms with Crippen molar-refractivity contribution in [2.24, 2.45) is 0 Å². The maximum absolute atomic E-state index is 13.2. The van der Waals surface area contributed by atoms with Crippen LogP contribution < -0.4 is 0 Å². The number of nitrogens with zero attached hydrogens (tertiary/aromatic N) is 3. The summed E-state index contributed by atoms with van der Waals surface area (Å²) in [6.45, 7) is 0. The van der Waals surface area contributed by atoms with Gasteiger partial charge in [-0.05, 0) is 24.3 Å². The van der Waals surface area contributed by atoms with E-state index in [1.165, 1.54) is 23.9 Å². The molecular formula is C17H12FN3S. The van der Waals surface area contributed by atoms with Crippen molar-refractivity contribution in [1.29, 1.82) is 5.26 Å². The van der Waals surface area contributed by atoms with E-state index >= 15 is 0 Å². The van der Waals surface area contributed by atoms with E-state index in [2.05, 4.69) is 11.1 Å². The van der Waals surface area contributed by atoms with Crippen LogP contribution in [0.4, 0.5) is 4.39 Å². The number of aromatic nitrogens is 2. The van der Waals surface area contributed by atoms with Gasteiger partial charge in [0.25, 0.3) is 0 Å². The zero-order valence-electron chi connectivity index (χ0n) is 11.6. The van der Waals surface area contributed by atoms with Crippen LogP contribution in [0.15, 0.2) is 66.0 Å². The molecule has 0 saturated heterocycles. The largest absolute Gasteiger partial charge is 0.287 e. The maximum atomic E-state index is 13.2. The van der Waals surface area contributed by atoms with E-state index < -0.39 is 0 Å². The van der Waals surface area contributed by atoms with Gasteiger partial charge in [0.1, 0.15) is 5.82 Å². The Morgan fingerprint density at radius 1 is 1.09 bits per heavy atom. The first-order chi connectivity index (χ1) is 10.8. The fourth-order valence-electron chi connectivity index (χ4n) is 2.19. The molecule has 0 aliphatic carbocycles. The molecule has 1 heterocycles. The molecule has 2 aromatic carbocycles. The van der Waals surface area contributed by atoms with Crippen molar-refractivity contribution >= 4 is 11.8 Å². The molecule has 0 atom stereocenters. The van der Waals surface area contributed by atoms with Gasteiger partial charge in [0.05, 0.1) is 23.7 Å². The molecular weight excluding hydrogens is 297 g/mol. The molecule has 108 valence electrons.